The molecular formula is C6H3FN2S. The van der Waals surface area contributed by atoms with E-state index in [2.05, 4.69) is 8.75 Å². The maximum absolute atomic E-state index is 12.7. The zero-order chi connectivity index (χ0) is 6.97. The molecule has 0 aliphatic heterocycles. The molecule has 1 aromatic carbocycles. The van der Waals surface area contributed by atoms with Gasteiger partial charge >= 0.3 is 0 Å². The summed E-state index contributed by atoms with van der Waals surface area (Å²) in [5.74, 6) is -0.300. The molecule has 0 amide bonds. The third-order valence-electron chi connectivity index (χ3n) is 1.24. The summed E-state index contributed by atoms with van der Waals surface area (Å²) >= 11 is 1.03. The third kappa shape index (κ3) is 0.690. The van der Waals surface area contributed by atoms with Gasteiger partial charge in [-0.1, -0.05) is 6.07 Å². The second kappa shape index (κ2) is 1.98. The van der Waals surface area contributed by atoms with E-state index in [1.54, 1.807) is 12.1 Å². The number of benzene rings is 1. The molecule has 4 heteroatoms. The molecule has 0 aliphatic carbocycles. The minimum absolute atomic E-state index is 0.300. The molecule has 10 heavy (non-hydrogen) atoms. The van der Waals surface area contributed by atoms with Crippen molar-refractivity contribution in [2.45, 2.75) is 0 Å². The Balaban J connectivity index is 2.95. The van der Waals surface area contributed by atoms with E-state index >= 15 is 0 Å². The fraction of sp³-hybridized carbons (Fsp3) is 0. The van der Waals surface area contributed by atoms with Crippen LogP contribution >= 0.6 is 11.7 Å². The Bertz CT molecular complexity index is 357. The molecule has 0 bridgehead atoms. The highest BCUT2D eigenvalue weighted by atomic mass is 32.1. The lowest BCUT2D eigenvalue weighted by atomic mass is 10.3. The van der Waals surface area contributed by atoms with Gasteiger partial charge in [0.2, 0.25) is 0 Å². The van der Waals surface area contributed by atoms with Crippen molar-refractivity contribution >= 4 is 22.8 Å². The molecule has 2 rings (SSSR count). The molecule has 0 unspecified atom stereocenters. The van der Waals surface area contributed by atoms with Crippen LogP contribution in [0.15, 0.2) is 18.2 Å². The SMILES string of the molecule is Fc1cccc2nsnc12. The van der Waals surface area contributed by atoms with Crippen LogP contribution in [0.1, 0.15) is 0 Å². The van der Waals surface area contributed by atoms with Crippen molar-refractivity contribution in [1.82, 2.24) is 8.75 Å². The van der Waals surface area contributed by atoms with Crippen molar-refractivity contribution in [3.63, 3.8) is 0 Å². The van der Waals surface area contributed by atoms with Crippen LogP contribution in [0.2, 0.25) is 0 Å². The number of rotatable bonds is 0. The molecule has 0 atom stereocenters. The summed E-state index contributed by atoms with van der Waals surface area (Å²) in [5, 5.41) is 0. The van der Waals surface area contributed by atoms with Crippen molar-refractivity contribution in [3.8, 4) is 0 Å². The maximum atomic E-state index is 12.7. The smallest absolute Gasteiger partial charge is 0.152 e. The summed E-state index contributed by atoms with van der Waals surface area (Å²) in [6.07, 6.45) is 0. The van der Waals surface area contributed by atoms with Gasteiger partial charge in [-0.2, -0.15) is 8.75 Å². The van der Waals surface area contributed by atoms with E-state index < -0.39 is 0 Å². The molecule has 0 radical (unpaired) electrons. The Kier molecular flexibility index (Phi) is 1.14. The zero-order valence-corrected chi connectivity index (χ0v) is 5.73. The lowest BCUT2D eigenvalue weighted by molar-refractivity contribution is 0.638. The summed E-state index contributed by atoms with van der Waals surface area (Å²) < 4.78 is 20.4. The van der Waals surface area contributed by atoms with Crippen molar-refractivity contribution in [2.24, 2.45) is 0 Å². The maximum Gasteiger partial charge on any atom is 0.152 e. The average Bonchev–Trinajstić information content (AvgIpc) is 2.36. The molecule has 0 spiro atoms. The highest BCUT2D eigenvalue weighted by molar-refractivity contribution is 7.00. The summed E-state index contributed by atoms with van der Waals surface area (Å²) in [7, 11) is 0. The first-order chi connectivity index (χ1) is 4.88. The molecule has 0 aliphatic rings. The quantitative estimate of drug-likeness (QED) is 0.578. The van der Waals surface area contributed by atoms with Gasteiger partial charge in [-0.3, -0.25) is 0 Å². The molecule has 0 fully saturated rings. The van der Waals surface area contributed by atoms with Crippen LogP contribution in [-0.2, 0) is 0 Å². The molecule has 2 aromatic rings. The number of hydrogen-bond acceptors (Lipinski definition) is 3. The van der Waals surface area contributed by atoms with Gasteiger partial charge in [-0.05, 0) is 12.1 Å². The first kappa shape index (κ1) is 5.73. The van der Waals surface area contributed by atoms with E-state index in [-0.39, 0.29) is 5.82 Å². The highest BCUT2D eigenvalue weighted by Gasteiger charge is 2.01. The molecule has 0 N–H and O–H groups in total. The van der Waals surface area contributed by atoms with Crippen LogP contribution < -0.4 is 0 Å². The normalized spacial score (nSPS) is 10.5. The Morgan fingerprint density at radius 1 is 1.30 bits per heavy atom. The number of nitrogens with zero attached hydrogens (tertiary/aromatic N) is 2. The summed E-state index contributed by atoms with van der Waals surface area (Å²) in [5.41, 5.74) is 0.998. The molecule has 2 nitrogen and oxygen atoms in total. The van der Waals surface area contributed by atoms with Gasteiger partial charge in [-0.15, -0.1) is 0 Å². The summed E-state index contributed by atoms with van der Waals surface area (Å²) in [6, 6.07) is 4.74. The lowest BCUT2D eigenvalue weighted by Crippen LogP contribution is -1.74. The fourth-order valence-corrected chi connectivity index (χ4v) is 1.31. The monoisotopic (exact) mass is 154 g/mol. The highest BCUT2D eigenvalue weighted by Crippen LogP contribution is 2.13. The zero-order valence-electron chi connectivity index (χ0n) is 4.91. The minimum atomic E-state index is -0.300. The van der Waals surface area contributed by atoms with E-state index in [0.29, 0.717) is 11.0 Å². The molecular weight excluding hydrogens is 151 g/mol. The number of halogens is 1. The van der Waals surface area contributed by atoms with Crippen LogP contribution in [0, 0.1) is 5.82 Å². The molecule has 1 aromatic heterocycles. The second-order valence-corrected chi connectivity index (χ2v) is 2.40. The van der Waals surface area contributed by atoms with E-state index in [4.69, 9.17) is 0 Å². The Morgan fingerprint density at radius 2 is 2.20 bits per heavy atom. The first-order valence-electron chi connectivity index (χ1n) is 2.75. The van der Waals surface area contributed by atoms with Crippen LogP contribution in [0.3, 0.4) is 0 Å². The molecule has 0 saturated carbocycles. The van der Waals surface area contributed by atoms with Crippen LogP contribution in [0.4, 0.5) is 4.39 Å². The van der Waals surface area contributed by atoms with E-state index in [9.17, 15) is 4.39 Å². The lowest BCUT2D eigenvalue weighted by Gasteiger charge is -1.84. The average molecular weight is 154 g/mol. The predicted octanol–water partition coefficient (Wildman–Crippen LogP) is 1.83. The van der Waals surface area contributed by atoms with Gasteiger partial charge in [0.05, 0.1) is 11.7 Å². The van der Waals surface area contributed by atoms with Gasteiger partial charge in [0.15, 0.2) is 5.82 Å². The van der Waals surface area contributed by atoms with E-state index in [1.165, 1.54) is 6.07 Å². The summed E-state index contributed by atoms with van der Waals surface area (Å²) in [4.78, 5) is 0. The molecule has 0 saturated heterocycles. The second-order valence-electron chi connectivity index (χ2n) is 1.87. The van der Waals surface area contributed by atoms with Gasteiger partial charge < -0.3 is 0 Å². The van der Waals surface area contributed by atoms with E-state index in [0.717, 1.165) is 11.7 Å². The third-order valence-corrected chi connectivity index (χ3v) is 1.78. The van der Waals surface area contributed by atoms with Crippen molar-refractivity contribution < 1.29 is 4.39 Å². The summed E-state index contributed by atoms with van der Waals surface area (Å²) in [6.45, 7) is 0. The number of aromatic nitrogens is 2. The number of fused-ring (bicyclic) bond motifs is 1. The van der Waals surface area contributed by atoms with Crippen molar-refractivity contribution in [1.29, 1.82) is 0 Å². The Hall–Kier alpha value is -1.03. The predicted molar refractivity (Wildman–Crippen MR) is 37.4 cm³/mol. The van der Waals surface area contributed by atoms with Crippen LogP contribution in [0.5, 0.6) is 0 Å². The van der Waals surface area contributed by atoms with E-state index in [1.807, 2.05) is 0 Å². The van der Waals surface area contributed by atoms with Crippen molar-refractivity contribution in [2.75, 3.05) is 0 Å². The Labute approximate surface area is 60.6 Å². The van der Waals surface area contributed by atoms with Gasteiger partial charge in [0.1, 0.15) is 11.0 Å². The fourth-order valence-electron chi connectivity index (χ4n) is 0.773. The van der Waals surface area contributed by atoms with Gasteiger partial charge in [0, 0.05) is 0 Å². The standard InChI is InChI=1S/C6H3FN2S/c7-4-2-1-3-5-6(4)9-10-8-5/h1-3H. The van der Waals surface area contributed by atoms with Crippen LogP contribution in [-0.4, -0.2) is 8.75 Å². The molecule has 50 valence electrons. The molecule has 1 heterocycles. The number of hydrogen-bond donors (Lipinski definition) is 0. The minimum Gasteiger partial charge on any atom is -0.204 e. The van der Waals surface area contributed by atoms with Gasteiger partial charge in [-0.25, -0.2) is 4.39 Å². The van der Waals surface area contributed by atoms with Gasteiger partial charge in [0.25, 0.3) is 0 Å². The topological polar surface area (TPSA) is 25.8 Å². The Morgan fingerprint density at radius 3 is 3.00 bits per heavy atom. The largest absolute Gasteiger partial charge is 0.204 e. The van der Waals surface area contributed by atoms with Crippen LogP contribution in [0.25, 0.3) is 11.0 Å². The first-order valence-corrected chi connectivity index (χ1v) is 3.48. The van der Waals surface area contributed by atoms with Crippen molar-refractivity contribution in [3.05, 3.63) is 24.0 Å².